The molecule has 4 N–H and O–H groups in total. The van der Waals surface area contributed by atoms with E-state index in [1.54, 1.807) is 6.92 Å². The fourth-order valence-corrected chi connectivity index (χ4v) is 0.386. The van der Waals surface area contributed by atoms with Gasteiger partial charge in [0.25, 0.3) is 0 Å². The van der Waals surface area contributed by atoms with Crippen LogP contribution < -0.4 is 11.6 Å². The minimum atomic E-state index is 0.238. The van der Waals surface area contributed by atoms with Crippen LogP contribution in [0.1, 0.15) is 5.82 Å². The molecule has 0 atom stereocenters. The van der Waals surface area contributed by atoms with Crippen molar-refractivity contribution in [3.8, 4) is 0 Å². The minimum Gasteiger partial charge on any atom is -0.366 e. The third-order valence-electron chi connectivity index (χ3n) is 0.893. The van der Waals surface area contributed by atoms with Gasteiger partial charge in [0, 0.05) is 0 Å². The maximum Gasteiger partial charge on any atom is 0.240 e. The van der Waals surface area contributed by atoms with Gasteiger partial charge in [-0.25, -0.2) is 4.68 Å². The highest BCUT2D eigenvalue weighted by atomic mass is 15.4. The summed E-state index contributed by atoms with van der Waals surface area (Å²) in [6.45, 7) is 1.73. The first-order valence-electron chi connectivity index (χ1n) is 2.14. The fourth-order valence-electron chi connectivity index (χ4n) is 0.386. The van der Waals surface area contributed by atoms with Gasteiger partial charge < -0.3 is 11.6 Å². The van der Waals surface area contributed by atoms with E-state index in [1.165, 1.54) is 4.68 Å². The quantitative estimate of drug-likeness (QED) is 0.417. The molecule has 0 bridgehead atoms. The summed E-state index contributed by atoms with van der Waals surface area (Å²) in [5, 5.41) is 7.06. The minimum absolute atomic E-state index is 0.238. The molecule has 0 aromatic carbocycles. The number of nitrogen functional groups attached to an aromatic ring is 2. The molecular weight excluding hydrogens is 106 g/mol. The highest BCUT2D eigenvalue weighted by molar-refractivity contribution is 5.15. The number of rotatable bonds is 0. The van der Waals surface area contributed by atoms with E-state index >= 15 is 0 Å². The van der Waals surface area contributed by atoms with Gasteiger partial charge in [-0.3, -0.25) is 0 Å². The van der Waals surface area contributed by atoms with Gasteiger partial charge in [-0.1, -0.05) is 0 Å². The van der Waals surface area contributed by atoms with Crippen LogP contribution in [-0.2, 0) is 0 Å². The highest BCUT2D eigenvalue weighted by Gasteiger charge is 1.96. The molecule has 8 heavy (non-hydrogen) atoms. The average Bonchev–Trinajstić information content (AvgIpc) is 1.98. The number of anilines is 1. The number of nitrogens with two attached hydrogens (primary N) is 2. The summed E-state index contributed by atoms with van der Waals surface area (Å²) >= 11 is 0. The van der Waals surface area contributed by atoms with Crippen molar-refractivity contribution in [1.82, 2.24) is 14.9 Å². The summed E-state index contributed by atoms with van der Waals surface area (Å²) in [6, 6.07) is 0. The Hall–Kier alpha value is -1.26. The topological polar surface area (TPSA) is 82.8 Å². The first-order chi connectivity index (χ1) is 3.72. The zero-order chi connectivity index (χ0) is 6.15. The first kappa shape index (κ1) is 4.89. The molecule has 0 aliphatic heterocycles. The molecule has 0 unspecified atom stereocenters. The van der Waals surface area contributed by atoms with E-state index in [0.29, 0.717) is 5.82 Å². The fraction of sp³-hybridized carbons (Fsp3) is 0.333. The molecular formula is C3H7N5. The molecule has 1 heterocycles. The van der Waals surface area contributed by atoms with Gasteiger partial charge >= 0.3 is 0 Å². The van der Waals surface area contributed by atoms with E-state index in [0.717, 1.165) is 0 Å². The lowest BCUT2D eigenvalue weighted by atomic mass is 10.7. The number of hydrogen-bond acceptors (Lipinski definition) is 4. The molecule has 0 amide bonds. The van der Waals surface area contributed by atoms with Crippen molar-refractivity contribution in [2.45, 2.75) is 6.92 Å². The summed E-state index contributed by atoms with van der Waals surface area (Å²) < 4.78 is 1.22. The number of hydrogen-bond donors (Lipinski definition) is 2. The Kier molecular flexibility index (Phi) is 0.831. The van der Waals surface area contributed by atoms with Crippen molar-refractivity contribution in [3.05, 3.63) is 5.82 Å². The molecule has 1 rings (SSSR count). The lowest BCUT2D eigenvalue weighted by molar-refractivity contribution is 0.934. The Morgan fingerprint density at radius 1 is 1.50 bits per heavy atom. The molecule has 1 aromatic heterocycles. The van der Waals surface area contributed by atoms with Gasteiger partial charge in [0.05, 0.1) is 0 Å². The van der Waals surface area contributed by atoms with Gasteiger partial charge in [0.2, 0.25) is 5.95 Å². The number of aryl methyl sites for hydroxylation is 1. The highest BCUT2D eigenvalue weighted by Crippen LogP contribution is 1.92. The van der Waals surface area contributed by atoms with Crippen molar-refractivity contribution < 1.29 is 0 Å². The van der Waals surface area contributed by atoms with Crippen molar-refractivity contribution >= 4 is 5.95 Å². The second-order valence-electron chi connectivity index (χ2n) is 1.48. The smallest absolute Gasteiger partial charge is 0.240 e. The van der Waals surface area contributed by atoms with Crippen LogP contribution in [0.15, 0.2) is 0 Å². The molecule has 0 fully saturated rings. The summed E-state index contributed by atoms with van der Waals surface area (Å²) in [5.74, 6) is 6.12. The average molecular weight is 113 g/mol. The third-order valence-corrected chi connectivity index (χ3v) is 0.893. The van der Waals surface area contributed by atoms with Crippen LogP contribution in [0.3, 0.4) is 0 Å². The van der Waals surface area contributed by atoms with Gasteiger partial charge in [-0.05, 0) is 6.92 Å². The monoisotopic (exact) mass is 113 g/mol. The lowest BCUT2D eigenvalue weighted by Crippen LogP contribution is -2.13. The SMILES string of the molecule is Cc1nnc(N)n1N. The molecule has 0 saturated carbocycles. The predicted octanol–water partition coefficient (Wildman–Crippen LogP) is -1.12. The van der Waals surface area contributed by atoms with Gasteiger partial charge in [0.1, 0.15) is 0 Å². The predicted molar refractivity (Wildman–Crippen MR) is 29.3 cm³/mol. The largest absolute Gasteiger partial charge is 0.366 e. The van der Waals surface area contributed by atoms with Crippen molar-refractivity contribution in [2.75, 3.05) is 11.6 Å². The molecule has 5 heteroatoms. The Morgan fingerprint density at radius 2 is 2.12 bits per heavy atom. The second kappa shape index (κ2) is 1.36. The van der Waals surface area contributed by atoms with E-state index in [4.69, 9.17) is 11.6 Å². The maximum absolute atomic E-state index is 5.27. The van der Waals surface area contributed by atoms with Crippen LogP contribution in [0.4, 0.5) is 5.95 Å². The van der Waals surface area contributed by atoms with Crippen molar-refractivity contribution in [2.24, 2.45) is 0 Å². The molecule has 0 saturated heterocycles. The Morgan fingerprint density at radius 3 is 2.25 bits per heavy atom. The van der Waals surface area contributed by atoms with Gasteiger partial charge in [-0.15, -0.1) is 10.2 Å². The van der Waals surface area contributed by atoms with E-state index in [-0.39, 0.29) is 5.95 Å². The van der Waals surface area contributed by atoms with Crippen LogP contribution >= 0.6 is 0 Å². The summed E-state index contributed by atoms with van der Waals surface area (Å²) in [5.41, 5.74) is 5.20. The van der Waals surface area contributed by atoms with Crippen molar-refractivity contribution in [1.29, 1.82) is 0 Å². The molecule has 0 aliphatic rings. The van der Waals surface area contributed by atoms with Crippen LogP contribution in [0.2, 0.25) is 0 Å². The zero-order valence-electron chi connectivity index (χ0n) is 4.50. The molecule has 5 nitrogen and oxygen atoms in total. The normalized spacial score (nSPS) is 9.62. The van der Waals surface area contributed by atoms with Crippen LogP contribution in [0, 0.1) is 6.92 Å². The summed E-state index contributed by atoms with van der Waals surface area (Å²) in [4.78, 5) is 0. The zero-order valence-corrected chi connectivity index (χ0v) is 4.50. The molecule has 1 aromatic rings. The number of nitrogens with zero attached hydrogens (tertiary/aromatic N) is 3. The summed E-state index contributed by atoms with van der Waals surface area (Å²) in [7, 11) is 0. The second-order valence-corrected chi connectivity index (χ2v) is 1.48. The van der Waals surface area contributed by atoms with Crippen LogP contribution in [0.5, 0.6) is 0 Å². The van der Waals surface area contributed by atoms with Gasteiger partial charge in [-0.2, -0.15) is 0 Å². The van der Waals surface area contributed by atoms with E-state index in [9.17, 15) is 0 Å². The lowest BCUT2D eigenvalue weighted by Gasteiger charge is -1.91. The first-order valence-corrected chi connectivity index (χ1v) is 2.14. The van der Waals surface area contributed by atoms with Crippen LogP contribution in [0.25, 0.3) is 0 Å². The van der Waals surface area contributed by atoms with E-state index < -0.39 is 0 Å². The van der Waals surface area contributed by atoms with E-state index in [2.05, 4.69) is 10.2 Å². The molecule has 44 valence electrons. The van der Waals surface area contributed by atoms with E-state index in [1.807, 2.05) is 0 Å². The van der Waals surface area contributed by atoms with Crippen LogP contribution in [-0.4, -0.2) is 14.9 Å². The van der Waals surface area contributed by atoms with Crippen molar-refractivity contribution in [3.63, 3.8) is 0 Å². The Bertz CT molecular complexity index is 170. The Balaban J connectivity index is 3.19. The number of aromatic nitrogens is 3. The third kappa shape index (κ3) is 0.481. The van der Waals surface area contributed by atoms with Gasteiger partial charge in [0.15, 0.2) is 5.82 Å². The Labute approximate surface area is 46.3 Å². The molecule has 0 spiro atoms. The molecule has 0 aliphatic carbocycles. The summed E-state index contributed by atoms with van der Waals surface area (Å²) in [6.07, 6.45) is 0. The molecule has 0 radical (unpaired) electrons. The standard InChI is InChI=1S/C3H7N5/c1-2-6-7-3(4)8(2)5/h5H2,1H3,(H2,4,7). The maximum atomic E-state index is 5.27.